The van der Waals surface area contributed by atoms with Crippen molar-refractivity contribution in [2.45, 2.75) is 19.0 Å². The van der Waals surface area contributed by atoms with Gasteiger partial charge in [0.25, 0.3) is 0 Å². The molecule has 2 aromatic carbocycles. The maximum atomic E-state index is 13.2. The fourth-order valence-electron chi connectivity index (χ4n) is 2.12. The predicted octanol–water partition coefficient (Wildman–Crippen LogP) is 5.34. The highest BCUT2D eigenvalue weighted by Gasteiger charge is 2.34. The van der Waals surface area contributed by atoms with Gasteiger partial charge in [0.15, 0.2) is 0 Å². The first-order chi connectivity index (χ1) is 11.1. The molecule has 0 fully saturated rings. The minimum atomic E-state index is -4.88. The fourth-order valence-corrected chi connectivity index (χ4v) is 2.12. The molecule has 0 saturated carbocycles. The number of halogens is 6. The van der Waals surface area contributed by atoms with Gasteiger partial charge in [0.1, 0.15) is 5.75 Å². The van der Waals surface area contributed by atoms with Gasteiger partial charge in [-0.05, 0) is 34.9 Å². The average molecular weight is 345 g/mol. The summed E-state index contributed by atoms with van der Waals surface area (Å²) in [6.45, 7) is 0. The zero-order valence-electron chi connectivity index (χ0n) is 11.9. The van der Waals surface area contributed by atoms with Crippen molar-refractivity contribution in [2.75, 3.05) is 0 Å². The van der Waals surface area contributed by atoms with Crippen LogP contribution in [0.3, 0.4) is 0 Å². The number of ether oxygens (including phenoxy) is 1. The molecule has 0 unspecified atom stereocenters. The summed E-state index contributed by atoms with van der Waals surface area (Å²) in [4.78, 5) is 0. The summed E-state index contributed by atoms with van der Waals surface area (Å²) in [6.07, 6.45) is -9.72. The SMILES string of the molecule is N#CCc1ccc(-c2ccc(OC(F)(F)F)cc2)c(C(F)(F)F)c1. The van der Waals surface area contributed by atoms with Crippen LogP contribution in [0.1, 0.15) is 11.1 Å². The molecule has 24 heavy (non-hydrogen) atoms. The lowest BCUT2D eigenvalue weighted by Crippen LogP contribution is -2.17. The second-order valence-corrected chi connectivity index (χ2v) is 4.78. The number of rotatable bonds is 3. The molecule has 0 aromatic heterocycles. The molecular weight excluding hydrogens is 336 g/mol. The third kappa shape index (κ3) is 4.41. The fraction of sp³-hybridized carbons (Fsp3) is 0.188. The van der Waals surface area contributed by atoms with E-state index in [2.05, 4.69) is 4.74 Å². The predicted molar refractivity (Wildman–Crippen MR) is 72.9 cm³/mol. The lowest BCUT2D eigenvalue weighted by molar-refractivity contribution is -0.274. The van der Waals surface area contributed by atoms with Gasteiger partial charge in [0.2, 0.25) is 0 Å². The molecule has 8 heteroatoms. The molecule has 126 valence electrons. The van der Waals surface area contributed by atoms with Crippen LogP contribution in [-0.4, -0.2) is 6.36 Å². The van der Waals surface area contributed by atoms with Crippen molar-refractivity contribution in [3.8, 4) is 22.9 Å². The maximum absolute atomic E-state index is 13.2. The monoisotopic (exact) mass is 345 g/mol. The molecule has 0 heterocycles. The Balaban J connectivity index is 2.43. The molecule has 0 N–H and O–H groups in total. The van der Waals surface area contributed by atoms with Crippen molar-refractivity contribution in [1.82, 2.24) is 0 Å². The second kappa shape index (κ2) is 6.43. The largest absolute Gasteiger partial charge is 0.573 e. The third-order valence-corrected chi connectivity index (χ3v) is 3.07. The highest BCUT2D eigenvalue weighted by atomic mass is 19.4. The Morgan fingerprint density at radius 2 is 1.54 bits per heavy atom. The molecule has 0 aliphatic carbocycles. The Hall–Kier alpha value is -2.69. The van der Waals surface area contributed by atoms with Crippen molar-refractivity contribution >= 4 is 0 Å². The quantitative estimate of drug-likeness (QED) is 0.704. The molecule has 0 atom stereocenters. The van der Waals surface area contributed by atoms with Crippen LogP contribution in [0.5, 0.6) is 5.75 Å². The van der Waals surface area contributed by atoms with E-state index < -0.39 is 23.9 Å². The van der Waals surface area contributed by atoms with E-state index in [1.807, 2.05) is 0 Å². The van der Waals surface area contributed by atoms with Gasteiger partial charge < -0.3 is 4.74 Å². The summed E-state index contributed by atoms with van der Waals surface area (Å²) in [6, 6.07) is 9.27. The molecule has 0 spiro atoms. The summed E-state index contributed by atoms with van der Waals surface area (Å²) in [5.74, 6) is -0.527. The molecule has 0 aliphatic rings. The number of hydrogen-bond donors (Lipinski definition) is 0. The first kappa shape index (κ1) is 17.7. The second-order valence-electron chi connectivity index (χ2n) is 4.78. The Kier molecular flexibility index (Phi) is 4.73. The Morgan fingerprint density at radius 1 is 0.917 bits per heavy atom. The van der Waals surface area contributed by atoms with Gasteiger partial charge >= 0.3 is 12.5 Å². The number of alkyl halides is 6. The van der Waals surface area contributed by atoms with Gasteiger partial charge in [0.05, 0.1) is 18.1 Å². The Labute approximate surface area is 132 Å². The first-order valence-electron chi connectivity index (χ1n) is 6.53. The van der Waals surface area contributed by atoms with Crippen LogP contribution in [0.25, 0.3) is 11.1 Å². The van der Waals surface area contributed by atoms with E-state index in [0.29, 0.717) is 0 Å². The highest BCUT2D eigenvalue weighted by Crippen LogP contribution is 2.38. The Morgan fingerprint density at radius 3 is 2.04 bits per heavy atom. The van der Waals surface area contributed by atoms with Crippen LogP contribution in [0.2, 0.25) is 0 Å². The molecular formula is C16H9F6NO. The average Bonchev–Trinajstić information content (AvgIpc) is 2.46. The number of hydrogen-bond acceptors (Lipinski definition) is 2. The minimum Gasteiger partial charge on any atom is -0.406 e. The maximum Gasteiger partial charge on any atom is 0.573 e. The van der Waals surface area contributed by atoms with E-state index in [0.717, 1.165) is 30.3 Å². The van der Waals surface area contributed by atoms with Crippen molar-refractivity contribution in [3.63, 3.8) is 0 Å². The summed E-state index contributed by atoms with van der Waals surface area (Å²) in [5, 5.41) is 8.59. The van der Waals surface area contributed by atoms with Crippen LogP contribution in [-0.2, 0) is 12.6 Å². The van der Waals surface area contributed by atoms with Crippen molar-refractivity contribution in [2.24, 2.45) is 0 Å². The van der Waals surface area contributed by atoms with E-state index in [1.54, 1.807) is 6.07 Å². The molecule has 0 radical (unpaired) electrons. The van der Waals surface area contributed by atoms with Gasteiger partial charge in [-0.2, -0.15) is 18.4 Å². The van der Waals surface area contributed by atoms with Crippen LogP contribution < -0.4 is 4.74 Å². The first-order valence-corrected chi connectivity index (χ1v) is 6.53. The lowest BCUT2D eigenvalue weighted by atomic mass is 9.96. The highest BCUT2D eigenvalue weighted by molar-refractivity contribution is 5.69. The molecule has 0 amide bonds. The van der Waals surface area contributed by atoms with E-state index >= 15 is 0 Å². The van der Waals surface area contributed by atoms with Crippen molar-refractivity contribution in [3.05, 3.63) is 53.6 Å². The molecule has 2 nitrogen and oxygen atoms in total. The van der Waals surface area contributed by atoms with Gasteiger partial charge in [0, 0.05) is 0 Å². The number of nitriles is 1. The smallest absolute Gasteiger partial charge is 0.406 e. The standard InChI is InChI=1S/C16H9F6NO/c17-15(18,19)14-9-10(7-8-23)1-6-13(14)11-2-4-12(5-3-11)24-16(20,21)22/h1-6,9H,7H2. The molecule has 0 bridgehead atoms. The van der Waals surface area contributed by atoms with Crippen molar-refractivity contribution in [1.29, 1.82) is 5.26 Å². The van der Waals surface area contributed by atoms with Crippen molar-refractivity contribution < 1.29 is 31.1 Å². The summed E-state index contributed by atoms with van der Waals surface area (Å²) in [5.41, 5.74) is -0.867. The van der Waals surface area contributed by atoms with E-state index in [9.17, 15) is 26.3 Å². The summed E-state index contributed by atoms with van der Waals surface area (Å²) < 4.78 is 79.6. The molecule has 2 rings (SSSR count). The van der Waals surface area contributed by atoms with E-state index in [4.69, 9.17) is 5.26 Å². The number of nitrogens with zero attached hydrogens (tertiary/aromatic N) is 1. The zero-order chi connectivity index (χ0) is 18.0. The normalized spacial score (nSPS) is 11.9. The van der Waals surface area contributed by atoms with E-state index in [1.165, 1.54) is 12.1 Å². The third-order valence-electron chi connectivity index (χ3n) is 3.07. The van der Waals surface area contributed by atoms with E-state index in [-0.39, 0.29) is 23.1 Å². The zero-order valence-corrected chi connectivity index (χ0v) is 11.9. The van der Waals surface area contributed by atoms with Gasteiger partial charge in [-0.3, -0.25) is 0 Å². The molecule has 0 saturated heterocycles. The summed E-state index contributed by atoms with van der Waals surface area (Å²) >= 11 is 0. The Bertz CT molecular complexity index is 756. The minimum absolute atomic E-state index is 0.0837. The molecule has 2 aromatic rings. The topological polar surface area (TPSA) is 33.0 Å². The lowest BCUT2D eigenvalue weighted by Gasteiger charge is -2.15. The van der Waals surface area contributed by atoms with Gasteiger partial charge in [-0.1, -0.05) is 24.3 Å². The van der Waals surface area contributed by atoms with Crippen LogP contribution in [0, 0.1) is 11.3 Å². The number of benzene rings is 2. The van der Waals surface area contributed by atoms with Gasteiger partial charge in [-0.25, -0.2) is 0 Å². The molecule has 0 aliphatic heterocycles. The van der Waals surface area contributed by atoms with Crippen LogP contribution >= 0.6 is 0 Å². The van der Waals surface area contributed by atoms with Crippen LogP contribution in [0.15, 0.2) is 42.5 Å². The van der Waals surface area contributed by atoms with Crippen LogP contribution in [0.4, 0.5) is 26.3 Å². The summed E-state index contributed by atoms with van der Waals surface area (Å²) in [7, 11) is 0. The van der Waals surface area contributed by atoms with Gasteiger partial charge in [-0.15, -0.1) is 13.2 Å².